The Morgan fingerprint density at radius 3 is 3.14 bits per heavy atom. The van der Waals surface area contributed by atoms with Gasteiger partial charge in [-0.15, -0.1) is 11.8 Å². The first kappa shape index (κ1) is 3.55. The minimum atomic E-state index is -0.0856. The summed E-state index contributed by atoms with van der Waals surface area (Å²) in [6.07, 6.45) is 4.27. The Labute approximate surface area is 46.3 Å². The van der Waals surface area contributed by atoms with Gasteiger partial charge in [0.15, 0.2) is 0 Å². The minimum Gasteiger partial charge on any atom is -0.103 e. The van der Waals surface area contributed by atoms with E-state index in [4.69, 9.17) is 1.37 Å². The van der Waals surface area contributed by atoms with Crippen LogP contribution in [0.1, 0.15) is 33.5 Å². The molecule has 0 aromatic heterocycles. The molecule has 0 aromatic rings. The topological polar surface area (TPSA) is 0 Å². The van der Waals surface area contributed by atoms with Gasteiger partial charge in [0.2, 0.25) is 0 Å². The molecule has 1 unspecified atom stereocenters. The van der Waals surface area contributed by atoms with Crippen molar-refractivity contribution in [1.29, 1.82) is 0 Å². The van der Waals surface area contributed by atoms with Gasteiger partial charge in [-0.3, -0.25) is 0 Å². The second-order valence-electron chi connectivity index (χ2n) is 1.77. The van der Waals surface area contributed by atoms with Crippen LogP contribution in [-0.4, -0.2) is 0 Å². The maximum Gasteiger partial charge on any atom is 0.0402 e. The average molecular weight is 95.2 g/mol. The molecule has 0 aliphatic heterocycles. The molecule has 0 aromatic carbocycles. The molecule has 1 atom stereocenters. The van der Waals surface area contributed by atoms with Crippen LogP contribution in [0.3, 0.4) is 0 Å². The summed E-state index contributed by atoms with van der Waals surface area (Å²) in [6, 6.07) is 0. The Hall–Kier alpha value is -0.440. The Balaban J connectivity index is 2.39. The third kappa shape index (κ3) is 1.64. The Morgan fingerprint density at radius 1 is 1.14 bits per heavy atom. The Bertz CT molecular complexity index is 118. The summed E-state index contributed by atoms with van der Waals surface area (Å²) in [4.78, 5) is 0. The van der Waals surface area contributed by atoms with Crippen molar-refractivity contribution in [3.8, 4) is 11.8 Å². The van der Waals surface area contributed by atoms with Crippen molar-refractivity contribution >= 4 is 0 Å². The molecule has 0 N–H and O–H groups in total. The molecule has 0 amide bonds. The molecule has 7 heavy (non-hydrogen) atoms. The van der Waals surface area contributed by atoms with Crippen LogP contribution in [0.4, 0.5) is 0 Å². The fourth-order valence-corrected chi connectivity index (χ4v) is 0.676. The van der Waals surface area contributed by atoms with Crippen molar-refractivity contribution in [2.75, 3.05) is 0 Å². The molecule has 0 heterocycles. The second-order valence-corrected chi connectivity index (χ2v) is 1.77. The Morgan fingerprint density at radius 2 is 2.14 bits per heavy atom. The molecule has 1 rings (SSSR count). The number of rotatable bonds is 0. The summed E-state index contributed by atoms with van der Waals surface area (Å²) < 4.78 is 7.24. The van der Waals surface area contributed by atoms with E-state index < -0.39 is 0 Å². The highest BCUT2D eigenvalue weighted by atomic mass is 13.9. The van der Waals surface area contributed by atoms with Crippen LogP contribution in [0, 0.1) is 11.8 Å². The quantitative estimate of drug-likeness (QED) is 0.403. The standard InChI is InChI=1S/C7H10/c1-2-4-6-7-5-3-1/h1-5H2/i4D. The molecule has 0 saturated carbocycles. The van der Waals surface area contributed by atoms with E-state index in [0.29, 0.717) is 0 Å². The maximum absolute atomic E-state index is 7.24. The zero-order valence-corrected chi connectivity index (χ0v) is 4.41. The van der Waals surface area contributed by atoms with Gasteiger partial charge in [-0.2, -0.15) is 0 Å². The summed E-state index contributed by atoms with van der Waals surface area (Å²) in [7, 11) is 0. The lowest BCUT2D eigenvalue weighted by Crippen LogP contribution is -1.68. The zero-order valence-electron chi connectivity index (χ0n) is 5.41. The largest absolute Gasteiger partial charge is 0.103 e. The van der Waals surface area contributed by atoms with Crippen LogP contribution in [0.2, 0.25) is 0 Å². The van der Waals surface area contributed by atoms with Gasteiger partial charge in [0.25, 0.3) is 0 Å². The molecule has 0 heteroatoms. The lowest BCUT2D eigenvalue weighted by Gasteiger charge is -1.85. The SMILES string of the molecule is [2H]C1C#CCCCC1. The van der Waals surface area contributed by atoms with Gasteiger partial charge >= 0.3 is 0 Å². The van der Waals surface area contributed by atoms with Gasteiger partial charge in [-0.05, 0) is 12.8 Å². The van der Waals surface area contributed by atoms with Crippen molar-refractivity contribution < 1.29 is 1.37 Å². The fraction of sp³-hybridized carbons (Fsp3) is 0.714. The lowest BCUT2D eigenvalue weighted by atomic mass is 10.2. The van der Waals surface area contributed by atoms with Gasteiger partial charge in [-0.1, -0.05) is 6.42 Å². The van der Waals surface area contributed by atoms with Crippen LogP contribution in [0.25, 0.3) is 0 Å². The van der Waals surface area contributed by atoms with E-state index in [0.717, 1.165) is 12.8 Å². The predicted octanol–water partition coefficient (Wildman–Crippen LogP) is 1.95. The van der Waals surface area contributed by atoms with Gasteiger partial charge in [0, 0.05) is 14.2 Å². The van der Waals surface area contributed by atoms with E-state index in [1.807, 2.05) is 0 Å². The molecule has 0 spiro atoms. The van der Waals surface area contributed by atoms with E-state index >= 15 is 0 Å². The normalized spacial score (nSPS) is 32.0. The second kappa shape index (κ2) is 2.69. The third-order valence-electron chi connectivity index (χ3n) is 1.10. The first-order valence-corrected chi connectivity index (χ1v) is 2.80. The first-order chi connectivity index (χ1) is 3.89. The Kier molecular flexibility index (Phi) is 1.36. The van der Waals surface area contributed by atoms with E-state index in [2.05, 4.69) is 11.8 Å². The van der Waals surface area contributed by atoms with Crippen LogP contribution in [0.5, 0.6) is 0 Å². The molecule has 1 aliphatic rings. The molecule has 0 fully saturated rings. The lowest BCUT2D eigenvalue weighted by molar-refractivity contribution is 0.722. The highest BCUT2D eigenvalue weighted by Gasteiger charge is 1.87. The summed E-state index contributed by atoms with van der Waals surface area (Å²) >= 11 is 0. The smallest absolute Gasteiger partial charge is 0.0402 e. The van der Waals surface area contributed by atoms with Gasteiger partial charge in [0.05, 0.1) is 0 Å². The summed E-state index contributed by atoms with van der Waals surface area (Å²) in [5.41, 5.74) is 0. The maximum atomic E-state index is 7.24. The monoisotopic (exact) mass is 95.1 g/mol. The zero-order chi connectivity index (χ0) is 5.82. The number of hydrogen-bond acceptors (Lipinski definition) is 0. The molecular formula is C7H10. The summed E-state index contributed by atoms with van der Waals surface area (Å²) in [6.45, 7) is 0. The molecular weight excluding hydrogens is 84.1 g/mol. The highest BCUT2D eigenvalue weighted by Crippen LogP contribution is 2.04. The van der Waals surface area contributed by atoms with E-state index in [9.17, 15) is 0 Å². The van der Waals surface area contributed by atoms with E-state index in [1.54, 1.807) is 0 Å². The van der Waals surface area contributed by atoms with Crippen LogP contribution < -0.4 is 0 Å². The average Bonchev–Trinajstić information content (AvgIpc) is 1.94. The van der Waals surface area contributed by atoms with Crippen molar-refractivity contribution in [3.05, 3.63) is 0 Å². The van der Waals surface area contributed by atoms with Crippen LogP contribution >= 0.6 is 0 Å². The van der Waals surface area contributed by atoms with Gasteiger partial charge in [0.1, 0.15) is 0 Å². The predicted molar refractivity (Wildman–Crippen MR) is 30.9 cm³/mol. The van der Waals surface area contributed by atoms with E-state index in [-0.39, 0.29) is 6.40 Å². The molecule has 0 radical (unpaired) electrons. The van der Waals surface area contributed by atoms with Crippen LogP contribution in [0.15, 0.2) is 0 Å². The third-order valence-corrected chi connectivity index (χ3v) is 1.10. The van der Waals surface area contributed by atoms with E-state index in [1.165, 1.54) is 12.8 Å². The van der Waals surface area contributed by atoms with Crippen molar-refractivity contribution in [3.63, 3.8) is 0 Å². The molecule has 0 nitrogen and oxygen atoms in total. The van der Waals surface area contributed by atoms with Crippen molar-refractivity contribution in [1.82, 2.24) is 0 Å². The fourth-order valence-electron chi connectivity index (χ4n) is 0.676. The van der Waals surface area contributed by atoms with Crippen molar-refractivity contribution in [2.45, 2.75) is 32.1 Å². The highest BCUT2D eigenvalue weighted by molar-refractivity contribution is 5.00. The first-order valence-electron chi connectivity index (χ1n) is 3.38. The number of hydrogen-bond donors (Lipinski definition) is 0. The summed E-state index contributed by atoms with van der Waals surface area (Å²) in [5.74, 6) is 5.82. The molecule has 0 bridgehead atoms. The minimum absolute atomic E-state index is 0.0856. The molecule has 38 valence electrons. The van der Waals surface area contributed by atoms with Gasteiger partial charge < -0.3 is 0 Å². The summed E-state index contributed by atoms with van der Waals surface area (Å²) in [5, 5.41) is 0. The molecule has 0 saturated heterocycles. The van der Waals surface area contributed by atoms with Gasteiger partial charge in [-0.25, -0.2) is 0 Å². The molecule has 1 aliphatic carbocycles. The van der Waals surface area contributed by atoms with Crippen molar-refractivity contribution in [2.24, 2.45) is 0 Å². The van der Waals surface area contributed by atoms with Crippen LogP contribution in [-0.2, 0) is 0 Å².